The zero-order valence-electron chi connectivity index (χ0n) is 10.3. The van der Waals surface area contributed by atoms with Gasteiger partial charge in [-0.15, -0.1) is 0 Å². The number of hydrogen-bond donors (Lipinski definition) is 1. The Kier molecular flexibility index (Phi) is 3.24. The van der Waals surface area contributed by atoms with E-state index in [0.29, 0.717) is 16.7 Å². The summed E-state index contributed by atoms with van der Waals surface area (Å²) < 4.78 is 28.5. The Hall–Kier alpha value is -2.23. The Bertz CT molecular complexity index is 969. The quantitative estimate of drug-likeness (QED) is 0.671. The number of hydrogen-bond acceptors (Lipinski definition) is 2. The van der Waals surface area contributed by atoms with E-state index >= 15 is 0 Å². The van der Waals surface area contributed by atoms with Crippen LogP contribution in [0.3, 0.4) is 0 Å². The summed E-state index contributed by atoms with van der Waals surface area (Å²) in [5.41, 5.74) is 1.47. The van der Waals surface area contributed by atoms with E-state index in [1.54, 1.807) is 0 Å². The van der Waals surface area contributed by atoms with E-state index in [1.165, 1.54) is 28.8 Å². The number of H-pyrrole nitrogens is 1. The summed E-state index contributed by atoms with van der Waals surface area (Å²) in [6, 6.07) is 8.32. The third-order valence-electron chi connectivity index (χ3n) is 3.04. The normalized spacial score (nSPS) is 10.8. The van der Waals surface area contributed by atoms with Gasteiger partial charge in [-0.2, -0.15) is 5.26 Å². The number of fused-ring (bicyclic) bond motifs is 1. The third-order valence-corrected chi connectivity index (χ3v) is 3.62. The molecule has 21 heavy (non-hydrogen) atoms. The number of imidazole rings is 1. The predicted molar refractivity (Wildman–Crippen MR) is 78.1 cm³/mol. The van der Waals surface area contributed by atoms with Crippen LogP contribution in [0.1, 0.15) is 5.56 Å². The molecule has 104 valence electrons. The highest BCUT2D eigenvalue weighted by Crippen LogP contribution is 2.27. The predicted octanol–water partition coefficient (Wildman–Crippen LogP) is 4.49. The molecule has 0 atom stereocenters. The largest absolute Gasteiger partial charge is 0.330 e. The molecule has 0 unspecified atom stereocenters. The molecule has 3 nitrogen and oxygen atoms in total. The Balaban J connectivity index is 2.41. The summed E-state index contributed by atoms with van der Waals surface area (Å²) in [7, 11) is 0. The van der Waals surface area contributed by atoms with Gasteiger partial charge in [0, 0.05) is 6.07 Å². The van der Waals surface area contributed by atoms with Gasteiger partial charge in [-0.25, -0.2) is 8.78 Å². The van der Waals surface area contributed by atoms with Gasteiger partial charge in [0.25, 0.3) is 0 Å². The summed E-state index contributed by atoms with van der Waals surface area (Å²) in [5, 5.41) is 9.08. The van der Waals surface area contributed by atoms with E-state index in [-0.39, 0.29) is 15.4 Å². The van der Waals surface area contributed by atoms with Crippen molar-refractivity contribution < 1.29 is 8.78 Å². The third kappa shape index (κ3) is 2.20. The maximum atomic E-state index is 13.5. The summed E-state index contributed by atoms with van der Waals surface area (Å²) in [6.07, 6.45) is 0. The SMILES string of the molecule is N#Cc1cc(F)ccc1-n1c(=S)[nH]c2cc(F)c(Cl)cc21. The molecule has 1 N–H and O–H groups in total. The van der Waals surface area contributed by atoms with E-state index in [4.69, 9.17) is 29.1 Å². The number of halogens is 3. The number of nitrogens with zero attached hydrogens (tertiary/aromatic N) is 2. The molecule has 3 aromatic rings. The first-order chi connectivity index (χ1) is 10.0. The summed E-state index contributed by atoms with van der Waals surface area (Å²) in [4.78, 5) is 2.84. The van der Waals surface area contributed by atoms with Crippen molar-refractivity contribution in [3.8, 4) is 11.8 Å². The smallest absolute Gasteiger partial charge is 0.182 e. The molecule has 0 spiro atoms. The number of benzene rings is 2. The fourth-order valence-corrected chi connectivity index (χ4v) is 2.60. The Labute approximate surface area is 128 Å². The highest BCUT2D eigenvalue weighted by Gasteiger charge is 2.13. The number of aromatic amines is 1. The molecule has 0 fully saturated rings. The minimum Gasteiger partial charge on any atom is -0.330 e. The lowest BCUT2D eigenvalue weighted by atomic mass is 10.2. The molecule has 7 heteroatoms. The van der Waals surface area contributed by atoms with Crippen LogP contribution in [0.4, 0.5) is 8.78 Å². The van der Waals surface area contributed by atoms with Crippen molar-refractivity contribution in [2.24, 2.45) is 0 Å². The summed E-state index contributed by atoms with van der Waals surface area (Å²) >= 11 is 11.0. The van der Waals surface area contributed by atoms with Crippen molar-refractivity contribution in [3.63, 3.8) is 0 Å². The van der Waals surface area contributed by atoms with Crippen LogP contribution in [0, 0.1) is 27.7 Å². The van der Waals surface area contributed by atoms with E-state index in [1.807, 2.05) is 6.07 Å². The fourth-order valence-electron chi connectivity index (χ4n) is 2.13. The van der Waals surface area contributed by atoms with E-state index in [9.17, 15) is 8.78 Å². The minimum absolute atomic E-state index is 0.0640. The van der Waals surface area contributed by atoms with Gasteiger partial charge in [0.05, 0.1) is 27.3 Å². The topological polar surface area (TPSA) is 44.5 Å². The molecular formula is C14H6ClF2N3S. The Morgan fingerprint density at radius 3 is 2.71 bits per heavy atom. The Morgan fingerprint density at radius 1 is 1.24 bits per heavy atom. The lowest BCUT2D eigenvalue weighted by Crippen LogP contribution is -1.98. The molecule has 0 saturated heterocycles. The van der Waals surface area contributed by atoms with Crippen LogP contribution in [0.5, 0.6) is 0 Å². The second kappa shape index (κ2) is 4.95. The molecule has 0 aliphatic rings. The van der Waals surface area contributed by atoms with E-state index in [2.05, 4.69) is 4.98 Å². The summed E-state index contributed by atoms with van der Waals surface area (Å²) in [5.74, 6) is -1.10. The van der Waals surface area contributed by atoms with Crippen LogP contribution in [0.15, 0.2) is 30.3 Å². The zero-order valence-corrected chi connectivity index (χ0v) is 11.9. The monoisotopic (exact) mass is 321 g/mol. The van der Waals surface area contributed by atoms with E-state index in [0.717, 1.165) is 6.07 Å². The van der Waals surface area contributed by atoms with Crippen LogP contribution in [0.25, 0.3) is 16.7 Å². The van der Waals surface area contributed by atoms with Gasteiger partial charge in [0.1, 0.15) is 17.7 Å². The number of nitriles is 1. The second-order valence-electron chi connectivity index (χ2n) is 4.32. The maximum absolute atomic E-state index is 13.5. The van der Waals surface area contributed by atoms with Crippen molar-refractivity contribution >= 4 is 34.9 Å². The maximum Gasteiger partial charge on any atom is 0.182 e. The first-order valence-corrected chi connectivity index (χ1v) is 6.59. The Morgan fingerprint density at radius 2 is 2.00 bits per heavy atom. The van der Waals surface area contributed by atoms with Crippen molar-refractivity contribution in [2.75, 3.05) is 0 Å². The number of aromatic nitrogens is 2. The number of rotatable bonds is 1. The molecule has 0 aliphatic carbocycles. The van der Waals surface area contributed by atoms with Crippen molar-refractivity contribution in [1.29, 1.82) is 5.26 Å². The van der Waals surface area contributed by atoms with Gasteiger partial charge in [-0.1, -0.05) is 11.6 Å². The van der Waals surface area contributed by atoms with Gasteiger partial charge in [0.15, 0.2) is 4.77 Å². The zero-order chi connectivity index (χ0) is 15.1. The van der Waals surface area contributed by atoms with Crippen LogP contribution in [-0.2, 0) is 0 Å². The second-order valence-corrected chi connectivity index (χ2v) is 5.12. The van der Waals surface area contributed by atoms with Crippen molar-refractivity contribution in [1.82, 2.24) is 9.55 Å². The standard InChI is InChI=1S/C14H6ClF2N3S/c15-9-4-13-11(5-10(9)17)19-14(21)20(13)12-2-1-8(16)3-7(12)6-18/h1-5H,(H,19,21). The van der Waals surface area contributed by atoms with Gasteiger partial charge in [-0.05, 0) is 36.5 Å². The van der Waals surface area contributed by atoms with Crippen LogP contribution >= 0.6 is 23.8 Å². The number of nitrogens with one attached hydrogen (secondary N) is 1. The lowest BCUT2D eigenvalue weighted by molar-refractivity contribution is 0.627. The molecule has 0 bridgehead atoms. The van der Waals surface area contributed by atoms with Crippen molar-refractivity contribution in [3.05, 3.63) is 57.3 Å². The molecule has 0 amide bonds. The molecule has 0 aliphatic heterocycles. The minimum atomic E-state index is -0.577. The first-order valence-electron chi connectivity index (χ1n) is 5.81. The van der Waals surface area contributed by atoms with Crippen LogP contribution in [-0.4, -0.2) is 9.55 Å². The van der Waals surface area contributed by atoms with Crippen LogP contribution in [0.2, 0.25) is 5.02 Å². The molecule has 3 rings (SSSR count). The molecule has 2 aromatic carbocycles. The average molecular weight is 322 g/mol. The lowest BCUT2D eigenvalue weighted by Gasteiger charge is -2.07. The van der Waals surface area contributed by atoms with Gasteiger partial charge >= 0.3 is 0 Å². The van der Waals surface area contributed by atoms with Gasteiger partial charge < -0.3 is 4.98 Å². The molecule has 0 radical (unpaired) electrons. The fraction of sp³-hybridized carbons (Fsp3) is 0. The molecular weight excluding hydrogens is 316 g/mol. The molecule has 1 heterocycles. The molecule has 1 aromatic heterocycles. The molecule has 0 saturated carbocycles. The summed E-state index contributed by atoms with van der Waals surface area (Å²) in [6.45, 7) is 0. The average Bonchev–Trinajstić information content (AvgIpc) is 2.75. The first kappa shape index (κ1) is 13.7. The van der Waals surface area contributed by atoms with Gasteiger partial charge in [-0.3, -0.25) is 4.57 Å². The van der Waals surface area contributed by atoms with Crippen LogP contribution < -0.4 is 0 Å². The van der Waals surface area contributed by atoms with Crippen molar-refractivity contribution in [2.45, 2.75) is 0 Å². The van der Waals surface area contributed by atoms with E-state index < -0.39 is 11.6 Å². The highest BCUT2D eigenvalue weighted by atomic mass is 35.5. The van der Waals surface area contributed by atoms with Gasteiger partial charge in [0.2, 0.25) is 0 Å². The highest BCUT2D eigenvalue weighted by molar-refractivity contribution is 7.71.